The molecule has 11 nitrogen and oxygen atoms in total. The van der Waals surface area contributed by atoms with Crippen molar-refractivity contribution >= 4 is 11.5 Å². The summed E-state index contributed by atoms with van der Waals surface area (Å²) in [6.45, 7) is 2.41. The largest absolute Gasteiger partial charge is 0.508 e. The Kier molecular flexibility index (Phi) is 10.4. The van der Waals surface area contributed by atoms with Gasteiger partial charge in [-0.2, -0.15) is 0 Å². The van der Waals surface area contributed by atoms with Crippen molar-refractivity contribution in [3.63, 3.8) is 0 Å². The Morgan fingerprint density at radius 2 is 1.98 bits per heavy atom. The number of hydrogen-bond donors (Lipinski definition) is 6. The molecule has 2 aromatic rings. The van der Waals surface area contributed by atoms with Gasteiger partial charge in [-0.1, -0.05) is 49.3 Å². The monoisotopic (exact) mass is 666 g/mol. The van der Waals surface area contributed by atoms with Crippen LogP contribution in [0, 0.1) is 29.8 Å². The predicted molar refractivity (Wildman–Crippen MR) is 183 cm³/mol. The minimum atomic E-state index is -1.10. The standard InChI is InChI=1S/C38H42N4O7/c1-2-4-27(43)16-29(45)17-28(44)9-6-23-15-36-35(18-34(23)47)48-12-3-5-22-8-11-33(46)30-10-7-24(37(39)40)13-25(30)14-26-19-41-32-21-42(20-31(26)32)38(22)49-36/h7,10,13,15,18-20,22,27,29,33,37-38,43,45-47H,2,4-6,9,14,16-17,21,39-40H2,1H3. The summed E-state index contributed by atoms with van der Waals surface area (Å²) < 4.78 is 12.4. The molecule has 0 saturated heterocycles. The van der Waals surface area contributed by atoms with E-state index < -0.39 is 36.6 Å². The molecule has 49 heavy (non-hydrogen) atoms. The number of aliphatic hydroxyl groups excluding tert-OH is 3. The molecule has 0 saturated carbocycles. The quantitative estimate of drug-likeness (QED) is 0.163. The predicted octanol–water partition coefficient (Wildman–Crippen LogP) is 3.01. The number of aliphatic imine (C=N–C) groups is 1. The number of benzene rings is 2. The number of fused-ring (bicyclic) bond motifs is 5. The Hall–Kier alpha value is -4.62. The summed E-state index contributed by atoms with van der Waals surface area (Å²) in [6, 6.07) is 8.59. The molecule has 0 spiro atoms. The minimum absolute atomic E-state index is 0.0763. The molecule has 2 bridgehead atoms. The van der Waals surface area contributed by atoms with Crippen LogP contribution in [0.15, 0.2) is 58.9 Å². The van der Waals surface area contributed by atoms with Gasteiger partial charge in [0.15, 0.2) is 17.7 Å². The number of nitrogens with zero attached hydrogens (tertiary/aromatic N) is 2. The second kappa shape index (κ2) is 14.9. The van der Waals surface area contributed by atoms with E-state index in [2.05, 4.69) is 23.9 Å². The maximum absolute atomic E-state index is 12.7. The van der Waals surface area contributed by atoms with Gasteiger partial charge in [0.2, 0.25) is 0 Å². The number of aromatic hydroxyl groups is 1. The average molecular weight is 667 g/mol. The second-order valence-electron chi connectivity index (χ2n) is 13.0. The van der Waals surface area contributed by atoms with Crippen molar-refractivity contribution in [2.24, 2.45) is 22.4 Å². The van der Waals surface area contributed by atoms with E-state index in [0.29, 0.717) is 36.3 Å². The van der Waals surface area contributed by atoms with Gasteiger partial charge in [-0.25, -0.2) is 0 Å². The number of carbonyl (C=O) groups is 1. The Morgan fingerprint density at radius 3 is 2.78 bits per heavy atom. The molecule has 11 heteroatoms. The van der Waals surface area contributed by atoms with Crippen LogP contribution in [0.4, 0.5) is 0 Å². The molecule has 5 unspecified atom stereocenters. The number of nitrogens with two attached hydrogens (primary N) is 2. The SMILES string of the molecule is CCCC(O)CC(O)CC(=O)CCc1cc2c(cc1O)OC#CCC1C#CC(O)c3ccc(C(N)N)cc3CC3=CN=C4CN(C=C34)C1O2. The van der Waals surface area contributed by atoms with Gasteiger partial charge in [0, 0.05) is 49.7 Å². The summed E-state index contributed by atoms with van der Waals surface area (Å²) in [5.41, 5.74) is 17.5. The fourth-order valence-corrected chi connectivity index (χ4v) is 6.60. The zero-order valence-electron chi connectivity index (χ0n) is 27.4. The molecule has 5 atom stereocenters. The molecule has 4 heterocycles. The molecule has 0 amide bonds. The van der Waals surface area contributed by atoms with Gasteiger partial charge in [0.25, 0.3) is 0 Å². The number of aliphatic hydroxyl groups is 3. The lowest BCUT2D eigenvalue weighted by atomic mass is 9.91. The highest BCUT2D eigenvalue weighted by molar-refractivity contribution is 6.09. The van der Waals surface area contributed by atoms with Crippen LogP contribution in [-0.4, -0.2) is 61.8 Å². The van der Waals surface area contributed by atoms with Crippen molar-refractivity contribution in [2.75, 3.05) is 6.54 Å². The molecule has 4 aliphatic heterocycles. The minimum Gasteiger partial charge on any atom is -0.508 e. The van der Waals surface area contributed by atoms with Crippen LogP contribution in [0.25, 0.3) is 0 Å². The number of phenols is 1. The van der Waals surface area contributed by atoms with Crippen molar-refractivity contribution in [2.45, 2.75) is 89.0 Å². The number of Topliss-reactive ketones (excluding diaryl/α,β-unsaturated/α-hetero) is 1. The third-order valence-corrected chi connectivity index (χ3v) is 9.21. The van der Waals surface area contributed by atoms with Crippen LogP contribution in [0.3, 0.4) is 0 Å². The third-order valence-electron chi connectivity index (χ3n) is 9.21. The topological polar surface area (TPSA) is 184 Å². The van der Waals surface area contributed by atoms with E-state index in [4.69, 9.17) is 25.9 Å². The van der Waals surface area contributed by atoms with E-state index >= 15 is 0 Å². The number of rotatable bonds is 10. The van der Waals surface area contributed by atoms with E-state index in [0.717, 1.165) is 34.4 Å². The lowest BCUT2D eigenvalue weighted by molar-refractivity contribution is -0.121. The van der Waals surface area contributed by atoms with Crippen molar-refractivity contribution in [3.05, 3.63) is 76.1 Å². The van der Waals surface area contributed by atoms with Crippen molar-refractivity contribution in [3.8, 4) is 41.1 Å². The third kappa shape index (κ3) is 7.83. The first-order chi connectivity index (χ1) is 23.6. The van der Waals surface area contributed by atoms with Crippen LogP contribution in [0.1, 0.15) is 80.0 Å². The van der Waals surface area contributed by atoms with Gasteiger partial charge < -0.3 is 46.3 Å². The number of aryl methyl sites for hydroxylation is 1. The van der Waals surface area contributed by atoms with E-state index in [9.17, 15) is 25.2 Å². The molecule has 4 aliphatic rings. The Labute approximate surface area is 285 Å². The van der Waals surface area contributed by atoms with Crippen molar-refractivity contribution in [1.29, 1.82) is 0 Å². The maximum atomic E-state index is 12.7. The van der Waals surface area contributed by atoms with Crippen LogP contribution in [-0.2, 0) is 17.6 Å². The van der Waals surface area contributed by atoms with Crippen LogP contribution in [0.2, 0.25) is 0 Å². The van der Waals surface area contributed by atoms with Gasteiger partial charge in [-0.15, -0.1) is 0 Å². The highest BCUT2D eigenvalue weighted by Gasteiger charge is 2.36. The van der Waals surface area contributed by atoms with Gasteiger partial charge >= 0.3 is 0 Å². The first-order valence-electron chi connectivity index (χ1n) is 16.7. The summed E-state index contributed by atoms with van der Waals surface area (Å²) >= 11 is 0. The fraction of sp³-hybridized carbons (Fsp3) is 0.421. The number of phenolic OH excluding ortho intramolecular Hbond substituents is 1. The zero-order valence-corrected chi connectivity index (χ0v) is 27.4. The van der Waals surface area contributed by atoms with Crippen molar-refractivity contribution < 1.29 is 34.7 Å². The highest BCUT2D eigenvalue weighted by Crippen LogP contribution is 2.39. The molecule has 0 radical (unpaired) electrons. The summed E-state index contributed by atoms with van der Waals surface area (Å²) in [6.07, 6.45) is 5.01. The number of allylic oxidation sites excluding steroid dienone is 1. The summed E-state index contributed by atoms with van der Waals surface area (Å²) in [5, 5.41) is 42.4. The Morgan fingerprint density at radius 1 is 1.14 bits per heavy atom. The number of ether oxygens (including phenoxy) is 2. The van der Waals surface area contributed by atoms with E-state index in [1.54, 1.807) is 12.1 Å². The average Bonchev–Trinajstić information content (AvgIpc) is 3.66. The van der Waals surface area contributed by atoms with E-state index in [-0.39, 0.29) is 49.4 Å². The first-order valence-corrected chi connectivity index (χ1v) is 16.7. The van der Waals surface area contributed by atoms with Crippen molar-refractivity contribution in [1.82, 2.24) is 4.90 Å². The molecular weight excluding hydrogens is 624 g/mol. The molecule has 2 aromatic carbocycles. The lowest BCUT2D eigenvalue weighted by Gasteiger charge is -2.32. The van der Waals surface area contributed by atoms with E-state index in [1.807, 2.05) is 36.4 Å². The summed E-state index contributed by atoms with van der Waals surface area (Å²) in [5.74, 6) is 9.06. The summed E-state index contributed by atoms with van der Waals surface area (Å²) in [7, 11) is 0. The Bertz CT molecular complexity index is 1830. The second-order valence-corrected chi connectivity index (χ2v) is 13.0. The number of carbonyl (C=O) groups excluding carboxylic acids is 1. The van der Waals surface area contributed by atoms with Gasteiger partial charge in [-0.3, -0.25) is 9.79 Å². The molecule has 256 valence electrons. The first kappa shape index (κ1) is 34.3. The molecule has 8 N–H and O–H groups in total. The maximum Gasteiger partial charge on any atom is 0.187 e. The molecule has 0 aliphatic carbocycles. The number of ketones is 1. The molecule has 6 rings (SSSR count). The van der Waals surface area contributed by atoms with Crippen LogP contribution < -0.4 is 20.9 Å². The van der Waals surface area contributed by atoms with Gasteiger partial charge in [0.1, 0.15) is 23.7 Å². The van der Waals surface area contributed by atoms with Crippen LogP contribution in [0.5, 0.6) is 17.2 Å². The smallest absolute Gasteiger partial charge is 0.187 e. The van der Waals surface area contributed by atoms with Gasteiger partial charge in [0.05, 0.1) is 36.5 Å². The fourth-order valence-electron chi connectivity index (χ4n) is 6.60. The normalized spacial score (nSPS) is 21.7. The molecule has 0 fully saturated rings. The van der Waals surface area contributed by atoms with Gasteiger partial charge in [-0.05, 0) is 53.2 Å². The molecular formula is C38H42N4O7. The highest BCUT2D eigenvalue weighted by atomic mass is 16.5. The van der Waals surface area contributed by atoms with E-state index in [1.165, 1.54) is 6.07 Å². The Balaban J connectivity index is 1.28. The summed E-state index contributed by atoms with van der Waals surface area (Å²) in [4.78, 5) is 19.4. The molecule has 0 aromatic heterocycles. The number of hydrogen-bond acceptors (Lipinski definition) is 11. The lowest BCUT2D eigenvalue weighted by Crippen LogP contribution is -2.41. The van der Waals surface area contributed by atoms with Crippen LogP contribution >= 0.6 is 0 Å². The zero-order chi connectivity index (χ0) is 34.7.